The SMILES string of the molecule is Cc1ccc(S(=O)(=O)n2cc(-c3cnn(Cc4cccc(F)c4)c3)c3cc(-c4ccc(C5CCN(C(=O)OC(C)(C)C)CC5)cc4)cnc32)cc1. The number of hydrogen-bond donors (Lipinski definition) is 0. The number of likely N-dealkylation sites (tertiary alicyclic amines) is 1. The number of benzene rings is 3. The summed E-state index contributed by atoms with van der Waals surface area (Å²) in [5, 5.41) is 5.17. The molecule has 0 spiro atoms. The van der Waals surface area contributed by atoms with Crippen LogP contribution in [0.25, 0.3) is 33.3 Å². The number of aryl methyl sites for hydroxylation is 1. The minimum absolute atomic E-state index is 0.164. The Morgan fingerprint density at radius 1 is 0.902 bits per heavy atom. The average molecular weight is 706 g/mol. The first-order valence-electron chi connectivity index (χ1n) is 17.0. The molecular formula is C40H40FN5O4S. The molecule has 0 atom stereocenters. The van der Waals surface area contributed by atoms with Gasteiger partial charge in [-0.2, -0.15) is 5.10 Å². The third-order valence-electron chi connectivity index (χ3n) is 9.23. The molecule has 3 aromatic carbocycles. The van der Waals surface area contributed by atoms with E-state index in [0.717, 1.165) is 35.1 Å². The summed E-state index contributed by atoms with van der Waals surface area (Å²) in [5.41, 5.74) is 5.86. The zero-order chi connectivity index (χ0) is 35.9. The molecule has 0 N–H and O–H groups in total. The smallest absolute Gasteiger partial charge is 0.410 e. The van der Waals surface area contributed by atoms with Crippen molar-refractivity contribution in [1.82, 2.24) is 23.6 Å². The molecule has 11 heteroatoms. The lowest BCUT2D eigenvalue weighted by molar-refractivity contribution is 0.0205. The molecule has 1 aliphatic rings. The topological polar surface area (TPSA) is 99.3 Å². The van der Waals surface area contributed by atoms with Gasteiger partial charge in [-0.15, -0.1) is 0 Å². The summed E-state index contributed by atoms with van der Waals surface area (Å²) >= 11 is 0. The number of rotatable bonds is 7. The van der Waals surface area contributed by atoms with Gasteiger partial charge in [-0.1, -0.05) is 54.1 Å². The number of pyridine rings is 1. The van der Waals surface area contributed by atoms with Crippen LogP contribution in [0.2, 0.25) is 0 Å². The molecule has 1 aliphatic heterocycles. The monoisotopic (exact) mass is 705 g/mol. The fraction of sp³-hybridized carbons (Fsp3) is 0.275. The summed E-state index contributed by atoms with van der Waals surface area (Å²) in [6.45, 7) is 9.18. The van der Waals surface area contributed by atoms with Gasteiger partial charge in [-0.05, 0) is 93.5 Å². The number of ether oxygens (including phenoxy) is 1. The maximum atomic E-state index is 14.0. The largest absolute Gasteiger partial charge is 0.444 e. The van der Waals surface area contributed by atoms with Crippen molar-refractivity contribution >= 4 is 27.1 Å². The number of amides is 1. The van der Waals surface area contributed by atoms with Crippen LogP contribution < -0.4 is 0 Å². The molecule has 0 unspecified atom stereocenters. The molecule has 0 radical (unpaired) electrons. The number of hydrogen-bond acceptors (Lipinski definition) is 6. The first-order chi connectivity index (χ1) is 24.3. The summed E-state index contributed by atoms with van der Waals surface area (Å²) in [7, 11) is -3.98. The van der Waals surface area contributed by atoms with Crippen LogP contribution in [0.1, 0.15) is 56.2 Å². The Morgan fingerprint density at radius 2 is 1.63 bits per heavy atom. The number of halogens is 1. The van der Waals surface area contributed by atoms with Crippen LogP contribution in [0, 0.1) is 12.7 Å². The summed E-state index contributed by atoms with van der Waals surface area (Å²) < 4.78 is 50.3. The van der Waals surface area contributed by atoms with E-state index in [-0.39, 0.29) is 16.8 Å². The molecule has 262 valence electrons. The molecule has 6 aromatic rings. The second-order valence-corrected chi connectivity index (χ2v) is 16.0. The van der Waals surface area contributed by atoms with E-state index in [1.807, 2.05) is 46.0 Å². The van der Waals surface area contributed by atoms with Crippen LogP contribution in [0.15, 0.2) is 109 Å². The first-order valence-corrected chi connectivity index (χ1v) is 18.5. The first kappa shape index (κ1) is 34.2. The summed E-state index contributed by atoms with van der Waals surface area (Å²) in [6.07, 6.45) is 8.27. The highest BCUT2D eigenvalue weighted by Gasteiger charge is 2.28. The third-order valence-corrected chi connectivity index (χ3v) is 10.9. The van der Waals surface area contributed by atoms with Crippen molar-refractivity contribution < 1.29 is 22.3 Å². The molecule has 1 amide bonds. The Kier molecular flexibility index (Phi) is 9.01. The van der Waals surface area contributed by atoms with E-state index >= 15 is 0 Å². The van der Waals surface area contributed by atoms with Crippen LogP contribution in [0.3, 0.4) is 0 Å². The number of fused-ring (bicyclic) bond motifs is 1. The van der Waals surface area contributed by atoms with Gasteiger partial charge in [0, 0.05) is 53.8 Å². The molecular weight excluding hydrogens is 666 g/mol. The van der Waals surface area contributed by atoms with E-state index in [4.69, 9.17) is 9.72 Å². The van der Waals surface area contributed by atoms with Crippen molar-refractivity contribution in [3.8, 4) is 22.3 Å². The van der Waals surface area contributed by atoms with Crippen LogP contribution >= 0.6 is 0 Å². The van der Waals surface area contributed by atoms with E-state index in [9.17, 15) is 17.6 Å². The van der Waals surface area contributed by atoms with Gasteiger partial charge in [0.15, 0.2) is 5.65 Å². The maximum absolute atomic E-state index is 14.0. The van der Waals surface area contributed by atoms with Gasteiger partial charge in [0.1, 0.15) is 11.4 Å². The van der Waals surface area contributed by atoms with Crippen LogP contribution in [-0.4, -0.2) is 56.8 Å². The molecule has 3 aromatic heterocycles. The highest BCUT2D eigenvalue weighted by molar-refractivity contribution is 7.90. The molecule has 9 nitrogen and oxygen atoms in total. The number of nitrogens with zero attached hydrogens (tertiary/aromatic N) is 5. The van der Waals surface area contributed by atoms with Crippen molar-refractivity contribution in [3.63, 3.8) is 0 Å². The van der Waals surface area contributed by atoms with Crippen molar-refractivity contribution in [2.24, 2.45) is 0 Å². The van der Waals surface area contributed by atoms with Gasteiger partial charge in [-0.25, -0.2) is 26.6 Å². The molecule has 4 heterocycles. The average Bonchev–Trinajstić information content (AvgIpc) is 3.72. The second kappa shape index (κ2) is 13.4. The zero-order valence-electron chi connectivity index (χ0n) is 29.1. The molecule has 0 saturated carbocycles. The molecule has 1 saturated heterocycles. The highest BCUT2D eigenvalue weighted by Crippen LogP contribution is 2.36. The van der Waals surface area contributed by atoms with Gasteiger partial charge in [0.05, 0.1) is 17.6 Å². The van der Waals surface area contributed by atoms with Crippen molar-refractivity contribution in [1.29, 1.82) is 0 Å². The fourth-order valence-electron chi connectivity index (χ4n) is 6.56. The molecule has 0 bridgehead atoms. The van der Waals surface area contributed by atoms with Gasteiger partial charge in [-0.3, -0.25) is 4.68 Å². The zero-order valence-corrected chi connectivity index (χ0v) is 29.9. The molecule has 0 aliphatic carbocycles. The predicted octanol–water partition coefficient (Wildman–Crippen LogP) is 8.41. The fourth-order valence-corrected chi connectivity index (χ4v) is 7.88. The Hall–Kier alpha value is -5.29. The molecule has 7 rings (SSSR count). The van der Waals surface area contributed by atoms with Gasteiger partial charge in [0.2, 0.25) is 0 Å². The second-order valence-electron chi connectivity index (χ2n) is 14.2. The molecule has 51 heavy (non-hydrogen) atoms. The van der Waals surface area contributed by atoms with Crippen molar-refractivity contribution in [3.05, 3.63) is 126 Å². The quantitative estimate of drug-likeness (QED) is 0.165. The van der Waals surface area contributed by atoms with Gasteiger partial charge < -0.3 is 9.64 Å². The standard InChI is InChI=1S/C40H40FN5O4S/c1-27-8-14-35(15-9-27)51(48,49)46-26-37(33-23-43-45(25-33)24-28-6-5-7-34(41)20-28)36-21-32(22-42-38(36)46)30-12-10-29(11-13-30)31-16-18-44(19-17-31)39(47)50-40(2,3)4/h5-15,20-23,25-26,31H,16-19,24H2,1-4H3. The summed E-state index contributed by atoms with van der Waals surface area (Å²) in [6, 6.07) is 23.5. The lowest BCUT2D eigenvalue weighted by Crippen LogP contribution is -2.41. The van der Waals surface area contributed by atoms with Crippen LogP contribution in [0.4, 0.5) is 9.18 Å². The van der Waals surface area contributed by atoms with E-state index in [1.165, 1.54) is 21.7 Å². The maximum Gasteiger partial charge on any atom is 0.410 e. The number of carbonyl (C=O) groups excluding carboxylic acids is 1. The lowest BCUT2D eigenvalue weighted by atomic mass is 9.88. The Morgan fingerprint density at radius 3 is 2.31 bits per heavy atom. The Balaban J connectivity index is 1.20. The molecule has 1 fully saturated rings. The van der Waals surface area contributed by atoms with E-state index in [1.54, 1.807) is 58.5 Å². The normalized spacial score (nSPS) is 14.3. The third kappa shape index (κ3) is 7.30. The predicted molar refractivity (Wildman–Crippen MR) is 195 cm³/mol. The van der Waals surface area contributed by atoms with E-state index in [2.05, 4.69) is 29.4 Å². The Labute approximate surface area is 297 Å². The van der Waals surface area contributed by atoms with E-state index in [0.29, 0.717) is 47.7 Å². The summed E-state index contributed by atoms with van der Waals surface area (Å²) in [4.78, 5) is 19.2. The number of carbonyl (C=O) groups is 1. The number of aromatic nitrogens is 4. The van der Waals surface area contributed by atoms with Crippen LogP contribution in [0.5, 0.6) is 0 Å². The van der Waals surface area contributed by atoms with Gasteiger partial charge >= 0.3 is 6.09 Å². The van der Waals surface area contributed by atoms with Crippen molar-refractivity contribution in [2.75, 3.05) is 13.1 Å². The minimum atomic E-state index is -3.98. The van der Waals surface area contributed by atoms with E-state index < -0.39 is 15.6 Å². The summed E-state index contributed by atoms with van der Waals surface area (Å²) in [5.74, 6) is 0.00866. The highest BCUT2D eigenvalue weighted by atomic mass is 32.2. The minimum Gasteiger partial charge on any atom is -0.444 e. The lowest BCUT2D eigenvalue weighted by Gasteiger charge is -2.33. The Bertz CT molecular complexity index is 2320. The van der Waals surface area contributed by atoms with Crippen LogP contribution in [-0.2, 0) is 21.3 Å². The van der Waals surface area contributed by atoms with Gasteiger partial charge in [0.25, 0.3) is 10.0 Å². The number of piperidine rings is 1. The van der Waals surface area contributed by atoms with Crippen molar-refractivity contribution in [2.45, 2.75) is 63.5 Å².